The fourth-order valence-corrected chi connectivity index (χ4v) is 5.30. The number of ether oxygens (including phenoxy) is 1. The highest BCUT2D eigenvalue weighted by molar-refractivity contribution is 5.88. The number of allylic oxidation sites excluding steroid dienone is 1. The van der Waals surface area contributed by atoms with Crippen LogP contribution in [0.3, 0.4) is 0 Å². The summed E-state index contributed by atoms with van der Waals surface area (Å²) < 4.78 is 5.35. The number of aromatic amines is 1. The van der Waals surface area contributed by atoms with E-state index in [1.165, 1.54) is 24.5 Å². The van der Waals surface area contributed by atoms with Gasteiger partial charge in [-0.1, -0.05) is 37.6 Å². The average molecular weight is 475 g/mol. The van der Waals surface area contributed by atoms with Crippen molar-refractivity contribution in [3.8, 4) is 5.75 Å². The molecular weight excluding hydrogens is 436 g/mol. The van der Waals surface area contributed by atoms with Crippen LogP contribution in [0.15, 0.2) is 54.1 Å². The van der Waals surface area contributed by atoms with Gasteiger partial charge in [-0.25, -0.2) is 4.98 Å². The van der Waals surface area contributed by atoms with Gasteiger partial charge in [0.1, 0.15) is 11.6 Å². The maximum absolute atomic E-state index is 11.2. The molecule has 0 spiro atoms. The number of rotatable bonds is 9. The minimum atomic E-state index is -0.0473. The molecule has 3 aromatic rings. The number of H-pyrrole nitrogens is 1. The van der Waals surface area contributed by atoms with E-state index < -0.39 is 0 Å². The monoisotopic (exact) mass is 474 g/mol. The van der Waals surface area contributed by atoms with Crippen LogP contribution in [0, 0.1) is 23.7 Å². The van der Waals surface area contributed by atoms with E-state index in [9.17, 15) is 4.79 Å². The number of benzene rings is 2. The summed E-state index contributed by atoms with van der Waals surface area (Å²) in [7, 11) is 1.69. The number of carbonyl (C=O) groups excluding carboxylic acids is 1. The van der Waals surface area contributed by atoms with Crippen LogP contribution in [0.5, 0.6) is 5.75 Å². The Bertz CT molecular complexity index is 1180. The van der Waals surface area contributed by atoms with Crippen molar-refractivity contribution in [2.45, 2.75) is 47.1 Å². The molecule has 186 valence electrons. The number of methoxy groups -OCH3 is 1. The van der Waals surface area contributed by atoms with Gasteiger partial charge >= 0.3 is 0 Å². The Labute approximate surface area is 208 Å². The van der Waals surface area contributed by atoms with Crippen LogP contribution in [0.1, 0.15) is 45.5 Å². The number of anilines is 1. The summed E-state index contributed by atoms with van der Waals surface area (Å²) in [6.45, 7) is 10.3. The summed E-state index contributed by atoms with van der Waals surface area (Å²) >= 11 is 0. The number of carbonyl (C=O) groups is 1. The van der Waals surface area contributed by atoms with Gasteiger partial charge in [-0.3, -0.25) is 4.79 Å². The van der Waals surface area contributed by atoms with Crippen molar-refractivity contribution in [3.63, 3.8) is 0 Å². The van der Waals surface area contributed by atoms with E-state index in [-0.39, 0.29) is 5.91 Å². The second-order valence-electron chi connectivity index (χ2n) is 10.2. The topological polar surface area (TPSA) is 79.0 Å². The van der Waals surface area contributed by atoms with Crippen molar-refractivity contribution in [2.24, 2.45) is 23.7 Å². The molecule has 1 aliphatic rings. The Morgan fingerprint density at radius 2 is 1.97 bits per heavy atom. The Morgan fingerprint density at radius 3 is 2.66 bits per heavy atom. The molecular formula is C29H38N4O2. The van der Waals surface area contributed by atoms with Crippen molar-refractivity contribution in [1.29, 1.82) is 0 Å². The van der Waals surface area contributed by atoms with Gasteiger partial charge < -0.3 is 20.4 Å². The number of nitrogens with one attached hydrogen (secondary N) is 3. The molecule has 0 fully saturated rings. The number of hydrogen-bond acceptors (Lipinski definition) is 4. The minimum Gasteiger partial charge on any atom is -0.497 e. The Morgan fingerprint density at radius 1 is 1.20 bits per heavy atom. The summed E-state index contributed by atoms with van der Waals surface area (Å²) in [6.07, 6.45) is 4.61. The first-order chi connectivity index (χ1) is 16.8. The van der Waals surface area contributed by atoms with E-state index >= 15 is 0 Å². The van der Waals surface area contributed by atoms with Crippen molar-refractivity contribution in [1.82, 2.24) is 15.3 Å². The molecule has 0 bridgehead atoms. The van der Waals surface area contributed by atoms with Crippen molar-refractivity contribution in [2.75, 3.05) is 19.0 Å². The first-order valence-corrected chi connectivity index (χ1v) is 12.6. The van der Waals surface area contributed by atoms with E-state index in [4.69, 9.17) is 9.72 Å². The maximum Gasteiger partial charge on any atom is 0.221 e. The van der Waals surface area contributed by atoms with Gasteiger partial charge in [0.05, 0.1) is 18.1 Å². The van der Waals surface area contributed by atoms with Crippen molar-refractivity contribution >= 4 is 22.6 Å². The number of nitrogens with zero attached hydrogens (tertiary/aromatic N) is 1. The van der Waals surface area contributed by atoms with Gasteiger partial charge in [-0.15, -0.1) is 0 Å². The molecule has 4 rings (SSSR count). The number of amides is 1. The van der Waals surface area contributed by atoms with Crippen LogP contribution in [0.4, 0.5) is 5.69 Å². The number of aromatic nitrogens is 2. The van der Waals surface area contributed by atoms with Crippen LogP contribution < -0.4 is 15.4 Å². The number of hydrogen-bond donors (Lipinski definition) is 3. The van der Waals surface area contributed by atoms with E-state index in [2.05, 4.69) is 54.6 Å². The second-order valence-corrected chi connectivity index (χ2v) is 10.2. The van der Waals surface area contributed by atoms with Crippen LogP contribution in [-0.4, -0.2) is 29.5 Å². The molecule has 0 radical (unpaired) electrons. The molecule has 35 heavy (non-hydrogen) atoms. The summed E-state index contributed by atoms with van der Waals surface area (Å²) in [6, 6.07) is 14.0. The second kappa shape index (κ2) is 11.1. The molecule has 1 aromatic heterocycles. The lowest BCUT2D eigenvalue weighted by molar-refractivity contribution is -0.114. The van der Waals surface area contributed by atoms with Crippen molar-refractivity contribution < 1.29 is 9.53 Å². The van der Waals surface area contributed by atoms with Gasteiger partial charge in [-0.05, 0) is 66.8 Å². The molecule has 1 aliphatic carbocycles. The zero-order chi connectivity index (χ0) is 24.9. The first-order valence-electron chi connectivity index (χ1n) is 12.6. The highest BCUT2D eigenvalue weighted by Crippen LogP contribution is 2.38. The SMILES string of the molecule is COc1ccc2nc(C[C@@H]3C[C@@H](C(C)C)[C@H](CNCc4ccc(NC(C)=O)cc4)C=C3C)[nH]c2c1. The van der Waals surface area contributed by atoms with Gasteiger partial charge in [-0.2, -0.15) is 0 Å². The molecule has 0 saturated carbocycles. The molecule has 3 N–H and O–H groups in total. The normalized spacial score (nSPS) is 20.2. The summed E-state index contributed by atoms with van der Waals surface area (Å²) in [5.74, 6) is 4.11. The van der Waals surface area contributed by atoms with Crippen LogP contribution in [-0.2, 0) is 17.8 Å². The maximum atomic E-state index is 11.2. The molecule has 1 amide bonds. The minimum absolute atomic E-state index is 0.0473. The third-order valence-corrected chi connectivity index (χ3v) is 7.25. The molecule has 6 nitrogen and oxygen atoms in total. The lowest BCUT2D eigenvalue weighted by atomic mass is 9.70. The average Bonchev–Trinajstić information content (AvgIpc) is 3.22. The van der Waals surface area contributed by atoms with Gasteiger partial charge in [0.2, 0.25) is 5.91 Å². The third kappa shape index (κ3) is 6.31. The highest BCUT2D eigenvalue weighted by atomic mass is 16.5. The van der Waals surface area contributed by atoms with Gasteiger partial charge in [0.25, 0.3) is 0 Å². The van der Waals surface area contributed by atoms with E-state index in [1.807, 2.05) is 30.3 Å². The first kappa shape index (κ1) is 25.0. The summed E-state index contributed by atoms with van der Waals surface area (Å²) in [5.41, 5.74) is 5.54. The molecule has 1 heterocycles. The van der Waals surface area contributed by atoms with E-state index in [1.54, 1.807) is 7.11 Å². The zero-order valence-electron chi connectivity index (χ0n) is 21.5. The predicted molar refractivity (Wildman–Crippen MR) is 142 cm³/mol. The fraction of sp³-hybridized carbons (Fsp3) is 0.448. The summed E-state index contributed by atoms with van der Waals surface area (Å²) in [5, 5.41) is 6.49. The quantitative estimate of drug-likeness (QED) is 0.347. The molecule has 0 unspecified atom stereocenters. The Kier molecular flexibility index (Phi) is 7.91. The predicted octanol–water partition coefficient (Wildman–Crippen LogP) is 5.72. The molecule has 6 heteroatoms. The summed E-state index contributed by atoms with van der Waals surface area (Å²) in [4.78, 5) is 19.6. The highest BCUT2D eigenvalue weighted by Gasteiger charge is 2.31. The zero-order valence-corrected chi connectivity index (χ0v) is 21.5. The van der Waals surface area contributed by atoms with Crippen LogP contribution >= 0.6 is 0 Å². The van der Waals surface area contributed by atoms with Crippen LogP contribution in [0.2, 0.25) is 0 Å². The Hall–Kier alpha value is -3.12. The Balaban J connectivity index is 1.38. The molecule has 3 atom stereocenters. The van der Waals surface area contributed by atoms with Crippen molar-refractivity contribution in [3.05, 3.63) is 65.5 Å². The van der Waals surface area contributed by atoms with Gasteiger partial charge in [0, 0.05) is 38.2 Å². The molecule has 0 saturated heterocycles. The number of imidazole rings is 1. The lowest BCUT2D eigenvalue weighted by Crippen LogP contribution is -2.34. The third-order valence-electron chi connectivity index (χ3n) is 7.25. The molecule has 2 aromatic carbocycles. The van der Waals surface area contributed by atoms with Gasteiger partial charge in [0.15, 0.2) is 0 Å². The largest absolute Gasteiger partial charge is 0.497 e. The lowest BCUT2D eigenvalue weighted by Gasteiger charge is -2.37. The fourth-order valence-electron chi connectivity index (χ4n) is 5.30. The smallest absolute Gasteiger partial charge is 0.221 e. The van der Waals surface area contributed by atoms with Crippen LogP contribution in [0.25, 0.3) is 11.0 Å². The van der Waals surface area contributed by atoms with E-state index in [0.717, 1.165) is 47.8 Å². The van der Waals surface area contributed by atoms with E-state index in [0.29, 0.717) is 23.7 Å². The molecule has 0 aliphatic heterocycles. The number of fused-ring (bicyclic) bond motifs is 1. The standard InChI is InChI=1S/C29H38N4O2/c1-18(2)26-13-22(14-29-32-27-11-10-25(35-5)15-28(27)33-29)19(3)12-23(26)17-30-16-21-6-8-24(9-7-21)31-20(4)34/h6-12,15,18,22-23,26,30H,13-14,16-17H2,1-5H3,(H,31,34)(H,32,33)/t22-,23-,26-/m0/s1.